The molecule has 1 N–H and O–H groups in total. The second-order valence-corrected chi connectivity index (χ2v) is 7.27. The lowest BCUT2D eigenvalue weighted by atomic mass is 9.88. The maximum Gasteiger partial charge on any atom is 0.252 e. The molecule has 4 rings (SSSR count). The van der Waals surface area contributed by atoms with Crippen LogP contribution in [-0.2, 0) is 17.9 Å². The Labute approximate surface area is 156 Å². The van der Waals surface area contributed by atoms with Crippen molar-refractivity contribution in [2.45, 2.75) is 43.9 Å². The number of nitrogens with zero attached hydrogens (tertiary/aromatic N) is 3. The summed E-state index contributed by atoms with van der Waals surface area (Å²) < 4.78 is 33.1. The zero-order valence-electron chi connectivity index (χ0n) is 15.1. The fraction of sp³-hybridized carbons (Fsp3) is 0.474. The van der Waals surface area contributed by atoms with Gasteiger partial charge in [-0.2, -0.15) is 5.10 Å². The summed E-state index contributed by atoms with van der Waals surface area (Å²) in [6.07, 6.45) is 1.10. The van der Waals surface area contributed by atoms with Gasteiger partial charge in [0, 0.05) is 44.7 Å². The molecule has 1 aliphatic heterocycles. The van der Waals surface area contributed by atoms with E-state index in [1.54, 1.807) is 18.0 Å². The standard InChI is InChI=1S/C19H22F2N4O2/c1-27-16-4-2-3-13(7-16)10-24-11-15-5-6-22-25(15)17(12-24)18(26)23-14-8-19(20,21)9-14/h2-7,14,17H,8-12H2,1H3,(H,23,26)/t17-/m0/s1. The summed E-state index contributed by atoms with van der Waals surface area (Å²) in [6, 6.07) is 8.71. The third-order valence-corrected chi connectivity index (χ3v) is 5.14. The first-order chi connectivity index (χ1) is 12.9. The topological polar surface area (TPSA) is 59.4 Å². The lowest BCUT2D eigenvalue weighted by molar-refractivity contribution is -0.133. The minimum absolute atomic E-state index is 0.254. The van der Waals surface area contributed by atoms with Gasteiger partial charge in [0.1, 0.15) is 11.8 Å². The quantitative estimate of drug-likeness (QED) is 0.870. The molecule has 1 atom stereocenters. The Morgan fingerprint density at radius 1 is 1.37 bits per heavy atom. The molecular weight excluding hydrogens is 354 g/mol. The fourth-order valence-corrected chi connectivity index (χ4v) is 3.77. The number of benzene rings is 1. The molecule has 0 unspecified atom stereocenters. The van der Waals surface area contributed by atoms with Gasteiger partial charge in [-0.05, 0) is 23.8 Å². The molecule has 2 aliphatic rings. The van der Waals surface area contributed by atoms with Crippen molar-refractivity contribution < 1.29 is 18.3 Å². The Morgan fingerprint density at radius 3 is 2.93 bits per heavy atom. The van der Waals surface area contributed by atoms with E-state index in [1.807, 2.05) is 30.3 Å². The highest BCUT2D eigenvalue weighted by molar-refractivity contribution is 5.81. The molecule has 144 valence electrons. The van der Waals surface area contributed by atoms with Crippen LogP contribution in [0.25, 0.3) is 0 Å². The van der Waals surface area contributed by atoms with E-state index in [4.69, 9.17) is 4.74 Å². The van der Waals surface area contributed by atoms with Crippen LogP contribution in [0.2, 0.25) is 0 Å². The van der Waals surface area contributed by atoms with Crippen molar-refractivity contribution in [1.29, 1.82) is 0 Å². The van der Waals surface area contributed by atoms with Gasteiger partial charge >= 0.3 is 0 Å². The number of alkyl halides is 2. The Kier molecular flexibility index (Phi) is 4.59. The van der Waals surface area contributed by atoms with Crippen molar-refractivity contribution in [1.82, 2.24) is 20.0 Å². The predicted octanol–water partition coefficient (Wildman–Crippen LogP) is 2.36. The Morgan fingerprint density at radius 2 is 2.19 bits per heavy atom. The summed E-state index contributed by atoms with van der Waals surface area (Å²) in [6.45, 7) is 1.80. The SMILES string of the molecule is COc1cccc(CN2Cc3ccnn3[C@H](C(=O)NC3CC(F)(F)C3)C2)c1. The second kappa shape index (κ2) is 6.92. The number of hydrogen-bond acceptors (Lipinski definition) is 4. The van der Waals surface area contributed by atoms with Crippen LogP contribution in [0.5, 0.6) is 5.75 Å². The van der Waals surface area contributed by atoms with Gasteiger partial charge in [-0.3, -0.25) is 14.4 Å². The highest BCUT2D eigenvalue weighted by atomic mass is 19.3. The first-order valence-corrected chi connectivity index (χ1v) is 8.99. The number of nitrogens with one attached hydrogen (secondary N) is 1. The number of carbonyl (C=O) groups excluding carboxylic acids is 1. The van der Waals surface area contributed by atoms with Gasteiger partial charge in [0.25, 0.3) is 5.92 Å². The molecule has 0 spiro atoms. The van der Waals surface area contributed by atoms with Gasteiger partial charge in [0.2, 0.25) is 5.91 Å². The number of amides is 1. The summed E-state index contributed by atoms with van der Waals surface area (Å²) in [5.74, 6) is -2.12. The first-order valence-electron chi connectivity index (χ1n) is 8.99. The van der Waals surface area contributed by atoms with Crippen LogP contribution in [0.4, 0.5) is 8.78 Å². The van der Waals surface area contributed by atoms with Gasteiger partial charge < -0.3 is 10.1 Å². The highest BCUT2D eigenvalue weighted by Gasteiger charge is 2.46. The molecule has 0 radical (unpaired) electrons. The van der Waals surface area contributed by atoms with E-state index in [1.165, 1.54) is 0 Å². The summed E-state index contributed by atoms with van der Waals surface area (Å²) in [5, 5.41) is 7.02. The Hall–Kier alpha value is -2.48. The number of methoxy groups -OCH3 is 1. The summed E-state index contributed by atoms with van der Waals surface area (Å²) in [5.41, 5.74) is 2.02. The molecule has 0 bridgehead atoms. The van der Waals surface area contributed by atoms with Crippen molar-refractivity contribution >= 4 is 5.91 Å². The number of fused-ring (bicyclic) bond motifs is 1. The lowest BCUT2D eigenvalue weighted by Gasteiger charge is -2.38. The number of ether oxygens (including phenoxy) is 1. The molecule has 1 aliphatic carbocycles. The molecule has 1 fully saturated rings. The zero-order valence-corrected chi connectivity index (χ0v) is 15.1. The van der Waals surface area contributed by atoms with E-state index in [0.29, 0.717) is 19.6 Å². The molecule has 1 aromatic heterocycles. The van der Waals surface area contributed by atoms with Gasteiger partial charge in [0.05, 0.1) is 12.8 Å². The van der Waals surface area contributed by atoms with E-state index < -0.39 is 18.0 Å². The number of halogens is 2. The average Bonchev–Trinajstić information content (AvgIpc) is 3.08. The third kappa shape index (κ3) is 3.80. The number of aromatic nitrogens is 2. The highest BCUT2D eigenvalue weighted by Crippen LogP contribution is 2.37. The van der Waals surface area contributed by atoms with Gasteiger partial charge in [-0.15, -0.1) is 0 Å². The minimum Gasteiger partial charge on any atom is -0.497 e. The first kappa shape index (κ1) is 17.9. The van der Waals surface area contributed by atoms with Crippen LogP contribution in [0.15, 0.2) is 36.5 Å². The van der Waals surface area contributed by atoms with Crippen LogP contribution < -0.4 is 10.1 Å². The van der Waals surface area contributed by atoms with Crippen molar-refractivity contribution in [3.8, 4) is 5.75 Å². The molecule has 1 amide bonds. The number of rotatable bonds is 5. The molecule has 1 saturated carbocycles. The molecular formula is C19H22F2N4O2. The van der Waals surface area contributed by atoms with E-state index >= 15 is 0 Å². The summed E-state index contributed by atoms with van der Waals surface area (Å²) >= 11 is 0. The van der Waals surface area contributed by atoms with Crippen LogP contribution in [0.1, 0.15) is 30.1 Å². The van der Waals surface area contributed by atoms with E-state index in [0.717, 1.165) is 17.0 Å². The predicted molar refractivity (Wildman–Crippen MR) is 94.5 cm³/mol. The Balaban J connectivity index is 1.46. The van der Waals surface area contributed by atoms with Gasteiger partial charge in [-0.1, -0.05) is 12.1 Å². The van der Waals surface area contributed by atoms with Crippen molar-refractivity contribution in [3.05, 3.63) is 47.8 Å². The van der Waals surface area contributed by atoms with Gasteiger partial charge in [-0.25, -0.2) is 8.78 Å². The van der Waals surface area contributed by atoms with Crippen molar-refractivity contribution in [2.24, 2.45) is 0 Å². The van der Waals surface area contributed by atoms with Gasteiger partial charge in [0.15, 0.2) is 0 Å². The normalized spacial score (nSPS) is 22.0. The number of hydrogen-bond donors (Lipinski definition) is 1. The molecule has 8 heteroatoms. The van der Waals surface area contributed by atoms with Crippen LogP contribution in [-0.4, -0.2) is 46.2 Å². The van der Waals surface area contributed by atoms with Crippen LogP contribution >= 0.6 is 0 Å². The van der Waals surface area contributed by atoms with Crippen LogP contribution in [0.3, 0.4) is 0 Å². The van der Waals surface area contributed by atoms with Crippen molar-refractivity contribution in [2.75, 3.05) is 13.7 Å². The number of carbonyl (C=O) groups is 1. The van der Waals surface area contributed by atoms with E-state index in [9.17, 15) is 13.6 Å². The van der Waals surface area contributed by atoms with E-state index in [-0.39, 0.29) is 18.7 Å². The molecule has 6 nitrogen and oxygen atoms in total. The molecule has 2 heterocycles. The summed E-state index contributed by atoms with van der Waals surface area (Å²) in [7, 11) is 1.63. The monoisotopic (exact) mass is 376 g/mol. The molecule has 27 heavy (non-hydrogen) atoms. The smallest absolute Gasteiger partial charge is 0.252 e. The summed E-state index contributed by atoms with van der Waals surface area (Å²) in [4.78, 5) is 14.9. The fourth-order valence-electron chi connectivity index (χ4n) is 3.77. The van der Waals surface area contributed by atoms with Crippen molar-refractivity contribution in [3.63, 3.8) is 0 Å². The molecule has 0 saturated heterocycles. The van der Waals surface area contributed by atoms with Crippen LogP contribution in [0, 0.1) is 0 Å². The lowest BCUT2D eigenvalue weighted by Crippen LogP contribution is -2.54. The molecule has 1 aromatic carbocycles. The second-order valence-electron chi connectivity index (χ2n) is 7.27. The zero-order chi connectivity index (χ0) is 19.0. The third-order valence-electron chi connectivity index (χ3n) is 5.14. The largest absolute Gasteiger partial charge is 0.497 e. The maximum atomic E-state index is 13.0. The maximum absolute atomic E-state index is 13.0. The Bertz CT molecular complexity index is 831. The minimum atomic E-state index is -2.65. The molecule has 2 aromatic rings. The average molecular weight is 376 g/mol. The van der Waals surface area contributed by atoms with E-state index in [2.05, 4.69) is 15.3 Å².